The van der Waals surface area contributed by atoms with Crippen LogP contribution in [0, 0.1) is 13.8 Å². The Hall–Kier alpha value is -2.36. The molecule has 1 aromatic carbocycles. The summed E-state index contributed by atoms with van der Waals surface area (Å²) in [7, 11) is 0. The zero-order valence-corrected chi connectivity index (χ0v) is 13.8. The van der Waals surface area contributed by atoms with Crippen molar-refractivity contribution in [2.45, 2.75) is 40.2 Å². The Kier molecular flexibility index (Phi) is 4.50. The fraction of sp³-hybridized carbons (Fsp3) is 0.333. The average molecular weight is 297 g/mol. The van der Waals surface area contributed by atoms with E-state index in [0.29, 0.717) is 5.69 Å². The standard InChI is InChI=1S/C18H23N3O/c1-12-7-6-8-15(13(12)2)20-17(22)16-11-14(9-10-19-16)21-18(3,4)5/h6-11H,1-5H3,(H,19,21)(H,20,22). The molecule has 0 saturated carbocycles. The number of amides is 1. The van der Waals surface area contributed by atoms with Gasteiger partial charge in [0.1, 0.15) is 5.69 Å². The van der Waals surface area contributed by atoms with Gasteiger partial charge in [-0.05, 0) is 63.9 Å². The van der Waals surface area contributed by atoms with Crippen molar-refractivity contribution in [1.29, 1.82) is 0 Å². The maximum Gasteiger partial charge on any atom is 0.274 e. The lowest BCUT2D eigenvalue weighted by Crippen LogP contribution is -2.26. The number of anilines is 2. The summed E-state index contributed by atoms with van der Waals surface area (Å²) in [6.45, 7) is 10.2. The number of nitrogens with zero attached hydrogens (tertiary/aromatic N) is 1. The van der Waals surface area contributed by atoms with Crippen LogP contribution in [0.3, 0.4) is 0 Å². The third kappa shape index (κ3) is 4.07. The van der Waals surface area contributed by atoms with Crippen LogP contribution in [0.15, 0.2) is 36.5 Å². The lowest BCUT2D eigenvalue weighted by molar-refractivity contribution is 0.102. The van der Waals surface area contributed by atoms with Gasteiger partial charge in [-0.1, -0.05) is 12.1 Å². The van der Waals surface area contributed by atoms with E-state index in [1.165, 1.54) is 0 Å². The number of hydrogen-bond acceptors (Lipinski definition) is 3. The molecule has 1 aromatic heterocycles. The van der Waals surface area contributed by atoms with Gasteiger partial charge in [0, 0.05) is 23.1 Å². The molecule has 2 rings (SSSR count). The second-order valence-corrected chi connectivity index (χ2v) is 6.51. The molecule has 0 bridgehead atoms. The highest BCUT2D eigenvalue weighted by Crippen LogP contribution is 2.20. The smallest absolute Gasteiger partial charge is 0.274 e. The Morgan fingerprint density at radius 3 is 2.55 bits per heavy atom. The zero-order chi connectivity index (χ0) is 16.3. The number of pyridine rings is 1. The Morgan fingerprint density at radius 2 is 1.86 bits per heavy atom. The van der Waals surface area contributed by atoms with E-state index in [9.17, 15) is 4.79 Å². The van der Waals surface area contributed by atoms with Gasteiger partial charge < -0.3 is 10.6 Å². The van der Waals surface area contributed by atoms with Gasteiger partial charge in [0.2, 0.25) is 0 Å². The quantitative estimate of drug-likeness (QED) is 0.894. The molecule has 0 aliphatic heterocycles. The molecule has 4 heteroatoms. The van der Waals surface area contributed by atoms with Crippen LogP contribution in [0.2, 0.25) is 0 Å². The molecular formula is C18H23N3O. The predicted molar refractivity (Wildman–Crippen MR) is 91.5 cm³/mol. The monoisotopic (exact) mass is 297 g/mol. The lowest BCUT2D eigenvalue weighted by atomic mass is 10.1. The summed E-state index contributed by atoms with van der Waals surface area (Å²) in [4.78, 5) is 16.6. The number of aryl methyl sites for hydroxylation is 1. The molecule has 116 valence electrons. The average Bonchev–Trinajstić information content (AvgIpc) is 2.42. The molecule has 1 amide bonds. The largest absolute Gasteiger partial charge is 0.380 e. The van der Waals surface area contributed by atoms with Crippen LogP contribution < -0.4 is 10.6 Å². The summed E-state index contributed by atoms with van der Waals surface area (Å²) in [6.07, 6.45) is 1.64. The van der Waals surface area contributed by atoms with E-state index in [-0.39, 0.29) is 11.4 Å². The Bertz CT molecular complexity index is 687. The number of aromatic nitrogens is 1. The van der Waals surface area contributed by atoms with Crippen molar-refractivity contribution in [3.63, 3.8) is 0 Å². The summed E-state index contributed by atoms with van der Waals surface area (Å²) < 4.78 is 0. The summed E-state index contributed by atoms with van der Waals surface area (Å²) in [5.74, 6) is -0.203. The van der Waals surface area contributed by atoms with E-state index in [1.54, 1.807) is 12.3 Å². The molecular weight excluding hydrogens is 274 g/mol. The van der Waals surface area contributed by atoms with Crippen LogP contribution in [-0.2, 0) is 0 Å². The Labute approximate surface area is 132 Å². The highest BCUT2D eigenvalue weighted by molar-refractivity contribution is 6.03. The van der Waals surface area contributed by atoms with E-state index < -0.39 is 0 Å². The van der Waals surface area contributed by atoms with Crippen molar-refractivity contribution in [3.8, 4) is 0 Å². The number of carbonyl (C=O) groups is 1. The topological polar surface area (TPSA) is 54.0 Å². The summed E-state index contributed by atoms with van der Waals surface area (Å²) in [5, 5.41) is 6.27. The van der Waals surface area contributed by atoms with Gasteiger partial charge in [-0.2, -0.15) is 0 Å². The summed E-state index contributed by atoms with van der Waals surface area (Å²) >= 11 is 0. The van der Waals surface area contributed by atoms with Crippen LogP contribution in [0.5, 0.6) is 0 Å². The number of benzene rings is 1. The minimum absolute atomic E-state index is 0.0672. The predicted octanol–water partition coefficient (Wildman–Crippen LogP) is 4.16. The summed E-state index contributed by atoms with van der Waals surface area (Å²) in [6, 6.07) is 9.49. The fourth-order valence-electron chi connectivity index (χ4n) is 2.14. The first kappa shape index (κ1) is 16.0. The highest BCUT2D eigenvalue weighted by Gasteiger charge is 2.13. The highest BCUT2D eigenvalue weighted by atomic mass is 16.1. The Morgan fingerprint density at radius 1 is 1.14 bits per heavy atom. The SMILES string of the molecule is Cc1cccc(NC(=O)c2cc(NC(C)(C)C)ccn2)c1C. The molecule has 0 atom stereocenters. The first-order valence-electron chi connectivity index (χ1n) is 7.38. The van der Waals surface area contributed by atoms with E-state index in [1.807, 2.05) is 38.1 Å². The molecule has 0 aliphatic carbocycles. The minimum atomic E-state index is -0.203. The van der Waals surface area contributed by atoms with Crippen molar-refractivity contribution in [2.75, 3.05) is 10.6 Å². The van der Waals surface area contributed by atoms with Gasteiger partial charge in [-0.15, -0.1) is 0 Å². The normalized spacial score (nSPS) is 11.1. The van der Waals surface area contributed by atoms with Gasteiger partial charge in [0.15, 0.2) is 0 Å². The molecule has 0 spiro atoms. The molecule has 0 saturated heterocycles. The van der Waals surface area contributed by atoms with E-state index in [2.05, 4.69) is 36.4 Å². The van der Waals surface area contributed by atoms with Crippen LogP contribution in [0.4, 0.5) is 11.4 Å². The number of rotatable bonds is 3. The molecule has 22 heavy (non-hydrogen) atoms. The van der Waals surface area contributed by atoms with Gasteiger partial charge >= 0.3 is 0 Å². The molecule has 0 unspecified atom stereocenters. The fourth-order valence-corrected chi connectivity index (χ4v) is 2.14. The minimum Gasteiger partial charge on any atom is -0.380 e. The number of nitrogens with one attached hydrogen (secondary N) is 2. The molecule has 0 radical (unpaired) electrons. The van der Waals surface area contributed by atoms with E-state index in [0.717, 1.165) is 22.5 Å². The first-order valence-corrected chi connectivity index (χ1v) is 7.38. The lowest BCUT2D eigenvalue weighted by Gasteiger charge is -2.22. The van der Waals surface area contributed by atoms with E-state index >= 15 is 0 Å². The van der Waals surface area contributed by atoms with Crippen LogP contribution in [0.25, 0.3) is 0 Å². The molecule has 2 N–H and O–H groups in total. The van der Waals surface area contributed by atoms with Crippen molar-refractivity contribution in [2.24, 2.45) is 0 Å². The van der Waals surface area contributed by atoms with Crippen LogP contribution in [0.1, 0.15) is 42.4 Å². The van der Waals surface area contributed by atoms with Gasteiger partial charge in [0.05, 0.1) is 0 Å². The maximum atomic E-state index is 12.4. The van der Waals surface area contributed by atoms with Crippen molar-refractivity contribution < 1.29 is 4.79 Å². The first-order chi connectivity index (χ1) is 10.3. The maximum absolute atomic E-state index is 12.4. The third-order valence-electron chi connectivity index (χ3n) is 3.36. The number of carbonyl (C=O) groups excluding carboxylic acids is 1. The molecule has 4 nitrogen and oxygen atoms in total. The molecule has 0 fully saturated rings. The van der Waals surface area contributed by atoms with Gasteiger partial charge in [-0.3, -0.25) is 9.78 Å². The molecule has 1 heterocycles. The Balaban J connectivity index is 2.19. The van der Waals surface area contributed by atoms with E-state index in [4.69, 9.17) is 0 Å². The molecule has 0 aliphatic rings. The van der Waals surface area contributed by atoms with Crippen molar-refractivity contribution >= 4 is 17.3 Å². The number of hydrogen-bond donors (Lipinski definition) is 2. The van der Waals surface area contributed by atoms with Gasteiger partial charge in [-0.25, -0.2) is 0 Å². The molecule has 2 aromatic rings. The second kappa shape index (κ2) is 6.18. The summed E-state index contributed by atoms with van der Waals surface area (Å²) in [5.41, 5.74) is 4.25. The third-order valence-corrected chi connectivity index (χ3v) is 3.36. The van der Waals surface area contributed by atoms with Crippen molar-refractivity contribution in [1.82, 2.24) is 4.98 Å². The van der Waals surface area contributed by atoms with Crippen molar-refractivity contribution in [3.05, 3.63) is 53.3 Å². The van der Waals surface area contributed by atoms with Crippen LogP contribution >= 0.6 is 0 Å². The zero-order valence-electron chi connectivity index (χ0n) is 13.8. The van der Waals surface area contributed by atoms with Crippen LogP contribution in [-0.4, -0.2) is 16.4 Å². The van der Waals surface area contributed by atoms with Gasteiger partial charge in [0.25, 0.3) is 5.91 Å². The second-order valence-electron chi connectivity index (χ2n) is 6.51.